The molecule has 1 aliphatic heterocycles. The highest BCUT2D eigenvalue weighted by atomic mass is 16.5. The Labute approximate surface area is 154 Å². The van der Waals surface area contributed by atoms with E-state index in [9.17, 15) is 19.2 Å². The fraction of sp³-hybridized carbons (Fsp3) is 0.778. The number of hydrogen-bond donors (Lipinski definition) is 1. The number of amides is 4. The second kappa shape index (κ2) is 6.89. The van der Waals surface area contributed by atoms with Gasteiger partial charge in [-0.25, -0.2) is 4.79 Å². The maximum absolute atomic E-state index is 12.9. The number of ether oxygens (including phenoxy) is 1. The largest absolute Gasteiger partial charge is 0.451 e. The summed E-state index contributed by atoms with van der Waals surface area (Å²) in [5.41, 5.74) is -1.03. The molecule has 1 saturated heterocycles. The minimum atomic E-state index is -0.971. The highest BCUT2D eigenvalue weighted by Gasteiger charge is 2.56. The van der Waals surface area contributed by atoms with E-state index >= 15 is 0 Å². The van der Waals surface area contributed by atoms with Gasteiger partial charge in [0.15, 0.2) is 6.10 Å². The lowest BCUT2D eigenvalue weighted by atomic mass is 9.64. The van der Waals surface area contributed by atoms with Crippen LogP contribution in [0.1, 0.15) is 47.0 Å². The summed E-state index contributed by atoms with van der Waals surface area (Å²) in [7, 11) is 3.11. The number of urea groups is 1. The van der Waals surface area contributed by atoms with E-state index in [0.29, 0.717) is 12.8 Å². The van der Waals surface area contributed by atoms with Gasteiger partial charge in [0.05, 0.1) is 0 Å². The number of imide groups is 1. The molecule has 0 radical (unpaired) electrons. The number of carbonyl (C=O) groups is 4. The normalized spacial score (nSPS) is 28.7. The second-order valence-corrected chi connectivity index (χ2v) is 8.62. The molecule has 3 atom stereocenters. The molecule has 0 aromatic rings. The van der Waals surface area contributed by atoms with Gasteiger partial charge >= 0.3 is 12.0 Å². The zero-order valence-electron chi connectivity index (χ0n) is 16.4. The van der Waals surface area contributed by atoms with Crippen LogP contribution in [-0.4, -0.2) is 65.9 Å². The Balaban J connectivity index is 2.07. The summed E-state index contributed by atoms with van der Waals surface area (Å²) < 4.78 is 5.07. The molecule has 2 rings (SSSR count). The molecule has 146 valence electrons. The Morgan fingerprint density at radius 3 is 2.46 bits per heavy atom. The first-order valence-corrected chi connectivity index (χ1v) is 8.92. The minimum Gasteiger partial charge on any atom is -0.451 e. The van der Waals surface area contributed by atoms with Crippen molar-refractivity contribution in [3.8, 4) is 0 Å². The molecule has 8 nitrogen and oxygen atoms in total. The van der Waals surface area contributed by atoms with Crippen molar-refractivity contribution in [1.82, 2.24) is 15.1 Å². The Bertz CT molecular complexity index is 630. The molecule has 0 aromatic carbocycles. The van der Waals surface area contributed by atoms with E-state index in [0.717, 1.165) is 11.3 Å². The second-order valence-electron chi connectivity index (χ2n) is 8.62. The fourth-order valence-electron chi connectivity index (χ4n) is 4.43. The maximum Gasteiger partial charge on any atom is 0.327 e. The molecule has 1 aliphatic carbocycles. The third kappa shape index (κ3) is 3.99. The van der Waals surface area contributed by atoms with Crippen molar-refractivity contribution >= 4 is 23.8 Å². The summed E-state index contributed by atoms with van der Waals surface area (Å²) >= 11 is 0. The van der Waals surface area contributed by atoms with Gasteiger partial charge in [-0.1, -0.05) is 20.8 Å². The zero-order valence-corrected chi connectivity index (χ0v) is 16.4. The molecule has 3 unspecified atom stereocenters. The molecular weight excluding hydrogens is 338 g/mol. The van der Waals surface area contributed by atoms with Gasteiger partial charge in [0.25, 0.3) is 11.8 Å². The molecule has 1 N–H and O–H groups in total. The van der Waals surface area contributed by atoms with Crippen LogP contribution in [0.2, 0.25) is 0 Å². The van der Waals surface area contributed by atoms with Gasteiger partial charge in [-0.15, -0.1) is 0 Å². The van der Waals surface area contributed by atoms with Gasteiger partial charge in [0, 0.05) is 14.1 Å². The summed E-state index contributed by atoms with van der Waals surface area (Å²) in [5, 5.41) is 2.81. The predicted molar refractivity (Wildman–Crippen MR) is 94.0 cm³/mol. The average molecular weight is 367 g/mol. The highest BCUT2D eigenvalue weighted by molar-refractivity contribution is 6.08. The monoisotopic (exact) mass is 367 g/mol. The van der Waals surface area contributed by atoms with Crippen molar-refractivity contribution in [3.05, 3.63) is 0 Å². The quantitative estimate of drug-likeness (QED) is 0.594. The molecule has 2 fully saturated rings. The van der Waals surface area contributed by atoms with Crippen molar-refractivity contribution < 1.29 is 23.9 Å². The Kier molecular flexibility index (Phi) is 5.35. The van der Waals surface area contributed by atoms with Crippen LogP contribution in [0.4, 0.5) is 4.79 Å². The van der Waals surface area contributed by atoms with Gasteiger partial charge in [0.1, 0.15) is 12.1 Å². The van der Waals surface area contributed by atoms with Crippen LogP contribution >= 0.6 is 0 Å². The topological polar surface area (TPSA) is 96.0 Å². The summed E-state index contributed by atoms with van der Waals surface area (Å²) in [4.78, 5) is 51.4. The summed E-state index contributed by atoms with van der Waals surface area (Å²) in [6.45, 7) is 7.18. The van der Waals surface area contributed by atoms with Crippen molar-refractivity contribution in [1.29, 1.82) is 0 Å². The summed E-state index contributed by atoms with van der Waals surface area (Å²) in [5.74, 6) is -1.25. The number of carbonyl (C=O) groups excluding carboxylic acids is 4. The van der Waals surface area contributed by atoms with E-state index in [-0.39, 0.29) is 23.1 Å². The van der Waals surface area contributed by atoms with E-state index in [1.54, 1.807) is 14.1 Å². The van der Waals surface area contributed by atoms with Gasteiger partial charge in [0.2, 0.25) is 0 Å². The molecule has 0 bridgehead atoms. The maximum atomic E-state index is 12.9. The van der Waals surface area contributed by atoms with Gasteiger partial charge in [-0.05, 0) is 37.5 Å². The van der Waals surface area contributed by atoms with E-state index in [4.69, 9.17) is 4.74 Å². The van der Waals surface area contributed by atoms with Crippen molar-refractivity contribution in [2.75, 3.05) is 20.6 Å². The third-order valence-corrected chi connectivity index (χ3v) is 5.01. The van der Waals surface area contributed by atoms with Crippen LogP contribution in [0, 0.1) is 11.3 Å². The van der Waals surface area contributed by atoms with Crippen molar-refractivity contribution in [2.45, 2.75) is 58.6 Å². The molecule has 4 amide bonds. The third-order valence-electron chi connectivity index (χ3n) is 5.01. The molecule has 26 heavy (non-hydrogen) atoms. The highest BCUT2D eigenvalue weighted by Crippen LogP contribution is 2.46. The first-order valence-electron chi connectivity index (χ1n) is 8.92. The summed E-state index contributed by atoms with van der Waals surface area (Å²) in [6, 6.07) is -0.580. The molecule has 8 heteroatoms. The molecule has 1 saturated carbocycles. The first kappa shape index (κ1) is 20.2. The van der Waals surface area contributed by atoms with Gasteiger partial charge in [-0.3, -0.25) is 19.3 Å². The van der Waals surface area contributed by atoms with E-state index < -0.39 is 30.2 Å². The average Bonchev–Trinajstić information content (AvgIpc) is 2.67. The SMILES string of the molecule is CC1CC(C)(C)CC2(C1)NC(=O)N(CC(=O)OC(C)C(=O)N(C)C)C2=O. The van der Waals surface area contributed by atoms with Gasteiger partial charge in [-0.2, -0.15) is 0 Å². The molecule has 2 aliphatic rings. The zero-order chi connectivity index (χ0) is 19.9. The first-order chi connectivity index (χ1) is 11.9. The number of hydrogen-bond acceptors (Lipinski definition) is 5. The standard InChI is InChI=1S/C18H29N3O5/c1-11-7-17(3,4)10-18(8-11)15(24)21(16(25)19-18)9-13(22)26-12(2)14(23)20(5)6/h11-12H,7-10H2,1-6H3,(H,19,25). The van der Waals surface area contributed by atoms with Crippen LogP contribution in [0.25, 0.3) is 0 Å². The van der Waals surface area contributed by atoms with Crippen LogP contribution in [0.5, 0.6) is 0 Å². The number of nitrogens with zero attached hydrogens (tertiary/aromatic N) is 2. The molecule has 0 aromatic heterocycles. The van der Waals surface area contributed by atoms with Crippen LogP contribution < -0.4 is 5.32 Å². The van der Waals surface area contributed by atoms with Crippen LogP contribution in [-0.2, 0) is 19.1 Å². The van der Waals surface area contributed by atoms with E-state index in [2.05, 4.69) is 26.1 Å². The number of nitrogens with one attached hydrogen (secondary N) is 1. The Morgan fingerprint density at radius 1 is 1.31 bits per heavy atom. The minimum absolute atomic E-state index is 0.0796. The van der Waals surface area contributed by atoms with Crippen molar-refractivity contribution in [2.24, 2.45) is 11.3 Å². The van der Waals surface area contributed by atoms with Crippen molar-refractivity contribution in [3.63, 3.8) is 0 Å². The molecule has 1 spiro atoms. The van der Waals surface area contributed by atoms with E-state index in [1.165, 1.54) is 11.8 Å². The van der Waals surface area contributed by atoms with Crippen LogP contribution in [0.15, 0.2) is 0 Å². The lowest BCUT2D eigenvalue weighted by Gasteiger charge is -2.43. The van der Waals surface area contributed by atoms with Crippen LogP contribution in [0.3, 0.4) is 0 Å². The van der Waals surface area contributed by atoms with Gasteiger partial charge < -0.3 is 15.0 Å². The number of esters is 1. The Morgan fingerprint density at radius 2 is 1.92 bits per heavy atom. The molecule has 1 heterocycles. The molecular formula is C18H29N3O5. The van der Waals surface area contributed by atoms with E-state index in [1.807, 2.05) is 0 Å². The fourth-order valence-corrected chi connectivity index (χ4v) is 4.43. The number of rotatable bonds is 4. The Hall–Kier alpha value is -2.12. The lowest BCUT2D eigenvalue weighted by Crippen LogP contribution is -2.54. The summed E-state index contributed by atoms with van der Waals surface area (Å²) in [6.07, 6.45) is 1.10. The predicted octanol–water partition coefficient (Wildman–Crippen LogP) is 1.14. The lowest BCUT2D eigenvalue weighted by molar-refractivity contribution is -0.159. The smallest absolute Gasteiger partial charge is 0.327 e. The number of likely N-dealkylation sites (N-methyl/N-ethyl adjacent to an activating group) is 1.